The highest BCUT2D eigenvalue weighted by Gasteiger charge is 2.43. The van der Waals surface area contributed by atoms with E-state index in [0.717, 1.165) is 19.5 Å². The summed E-state index contributed by atoms with van der Waals surface area (Å²) >= 11 is 0. The number of ether oxygens (including phenoxy) is 1. The van der Waals surface area contributed by atoms with Crippen molar-refractivity contribution in [1.29, 1.82) is 0 Å². The van der Waals surface area contributed by atoms with Gasteiger partial charge in [0.2, 0.25) is 5.91 Å². The molecule has 0 aromatic carbocycles. The van der Waals surface area contributed by atoms with Crippen LogP contribution in [0.5, 0.6) is 0 Å². The first-order chi connectivity index (χ1) is 4.77. The van der Waals surface area contributed by atoms with Gasteiger partial charge in [0.25, 0.3) is 0 Å². The molecule has 0 aromatic rings. The lowest BCUT2D eigenvalue weighted by Crippen LogP contribution is -2.37. The van der Waals surface area contributed by atoms with Gasteiger partial charge in [0.15, 0.2) is 0 Å². The standard InChI is InChI=1S/C7H11NO2/c1-5(9)8-3-2-6-7(4-8)10-6/h6-7H,2-4H2,1H3/t6-,7+/m0/s1. The smallest absolute Gasteiger partial charge is 0.219 e. The van der Waals surface area contributed by atoms with E-state index in [1.54, 1.807) is 6.92 Å². The summed E-state index contributed by atoms with van der Waals surface area (Å²) in [4.78, 5) is 12.7. The number of fused-ring (bicyclic) bond motifs is 1. The second kappa shape index (κ2) is 1.95. The second-order valence-corrected chi connectivity index (χ2v) is 2.97. The van der Waals surface area contributed by atoms with Crippen molar-refractivity contribution in [2.45, 2.75) is 25.6 Å². The second-order valence-electron chi connectivity index (χ2n) is 2.97. The molecule has 3 heteroatoms. The molecule has 2 heterocycles. The molecular formula is C7H11NO2. The largest absolute Gasteiger partial charge is 0.368 e. The van der Waals surface area contributed by atoms with Crippen LogP contribution in [-0.2, 0) is 9.53 Å². The fourth-order valence-electron chi connectivity index (χ4n) is 1.47. The molecule has 0 unspecified atom stereocenters. The minimum absolute atomic E-state index is 0.175. The molecule has 0 aromatic heterocycles. The number of epoxide rings is 1. The summed E-state index contributed by atoms with van der Waals surface area (Å²) in [6.07, 6.45) is 1.89. The maximum atomic E-state index is 10.8. The quantitative estimate of drug-likeness (QED) is 0.445. The predicted octanol–water partition coefficient (Wildman–Crippen LogP) is 0.00600. The van der Waals surface area contributed by atoms with E-state index in [1.807, 2.05) is 4.90 Å². The van der Waals surface area contributed by atoms with E-state index in [4.69, 9.17) is 4.74 Å². The Balaban J connectivity index is 1.94. The Bertz CT molecular complexity index is 169. The van der Waals surface area contributed by atoms with Crippen molar-refractivity contribution < 1.29 is 9.53 Å². The Kier molecular flexibility index (Phi) is 1.20. The van der Waals surface area contributed by atoms with E-state index in [9.17, 15) is 4.79 Å². The third kappa shape index (κ3) is 0.904. The van der Waals surface area contributed by atoms with E-state index < -0.39 is 0 Å². The van der Waals surface area contributed by atoms with E-state index >= 15 is 0 Å². The molecule has 3 nitrogen and oxygen atoms in total. The molecule has 2 rings (SSSR count). The van der Waals surface area contributed by atoms with Crippen molar-refractivity contribution in [3.8, 4) is 0 Å². The van der Waals surface area contributed by atoms with Crippen LogP contribution in [0.15, 0.2) is 0 Å². The molecule has 0 aliphatic carbocycles. The summed E-state index contributed by atoms with van der Waals surface area (Å²) in [7, 11) is 0. The van der Waals surface area contributed by atoms with Crippen LogP contribution in [0.25, 0.3) is 0 Å². The number of nitrogens with zero attached hydrogens (tertiary/aromatic N) is 1. The number of amides is 1. The fraction of sp³-hybridized carbons (Fsp3) is 0.857. The van der Waals surface area contributed by atoms with E-state index in [1.165, 1.54) is 0 Å². The van der Waals surface area contributed by atoms with Crippen LogP contribution in [0.1, 0.15) is 13.3 Å². The highest BCUT2D eigenvalue weighted by atomic mass is 16.6. The predicted molar refractivity (Wildman–Crippen MR) is 35.5 cm³/mol. The summed E-state index contributed by atoms with van der Waals surface area (Å²) in [6.45, 7) is 3.32. The molecule has 2 saturated heterocycles. The van der Waals surface area contributed by atoms with Gasteiger partial charge in [-0.25, -0.2) is 0 Å². The van der Waals surface area contributed by atoms with Crippen molar-refractivity contribution in [2.24, 2.45) is 0 Å². The zero-order valence-electron chi connectivity index (χ0n) is 6.04. The average Bonchev–Trinajstić information content (AvgIpc) is 2.63. The third-order valence-corrected chi connectivity index (χ3v) is 2.22. The zero-order valence-corrected chi connectivity index (χ0v) is 6.04. The van der Waals surface area contributed by atoms with Crippen LogP contribution in [-0.4, -0.2) is 36.1 Å². The van der Waals surface area contributed by atoms with Gasteiger partial charge in [-0.2, -0.15) is 0 Å². The van der Waals surface area contributed by atoms with Crippen LogP contribution < -0.4 is 0 Å². The highest BCUT2D eigenvalue weighted by Crippen LogP contribution is 2.30. The van der Waals surface area contributed by atoms with Crippen LogP contribution in [0.3, 0.4) is 0 Å². The first kappa shape index (κ1) is 6.16. The maximum absolute atomic E-state index is 10.8. The van der Waals surface area contributed by atoms with Crippen LogP contribution in [0.4, 0.5) is 0 Å². The molecular weight excluding hydrogens is 130 g/mol. The monoisotopic (exact) mass is 141 g/mol. The van der Waals surface area contributed by atoms with E-state index in [2.05, 4.69) is 0 Å². The van der Waals surface area contributed by atoms with Crippen molar-refractivity contribution in [3.63, 3.8) is 0 Å². The van der Waals surface area contributed by atoms with Crippen LogP contribution in [0, 0.1) is 0 Å². The first-order valence-electron chi connectivity index (χ1n) is 3.68. The number of carbonyl (C=O) groups is 1. The third-order valence-electron chi connectivity index (χ3n) is 2.22. The van der Waals surface area contributed by atoms with E-state index in [0.29, 0.717) is 12.2 Å². The van der Waals surface area contributed by atoms with Gasteiger partial charge in [0.1, 0.15) is 6.10 Å². The SMILES string of the molecule is CC(=O)N1CC[C@@H]2O[C@@H]2C1. The molecule has 1 amide bonds. The fourth-order valence-corrected chi connectivity index (χ4v) is 1.47. The number of hydrogen-bond donors (Lipinski definition) is 0. The molecule has 0 saturated carbocycles. The molecule has 2 aliphatic heterocycles. The molecule has 0 bridgehead atoms. The van der Waals surface area contributed by atoms with E-state index in [-0.39, 0.29) is 5.91 Å². The maximum Gasteiger partial charge on any atom is 0.219 e. The minimum Gasteiger partial charge on any atom is -0.368 e. The van der Waals surface area contributed by atoms with Gasteiger partial charge in [-0.15, -0.1) is 0 Å². The summed E-state index contributed by atoms with van der Waals surface area (Å²) in [5.41, 5.74) is 0. The Morgan fingerprint density at radius 3 is 3.00 bits per heavy atom. The van der Waals surface area contributed by atoms with Gasteiger partial charge in [-0.3, -0.25) is 4.79 Å². The first-order valence-corrected chi connectivity index (χ1v) is 3.68. The normalized spacial score (nSPS) is 37.1. The Morgan fingerprint density at radius 2 is 2.40 bits per heavy atom. The molecule has 0 spiro atoms. The summed E-state index contributed by atoms with van der Waals surface area (Å²) in [5.74, 6) is 0.175. The Hall–Kier alpha value is -0.570. The van der Waals surface area contributed by atoms with Gasteiger partial charge in [0.05, 0.1) is 6.10 Å². The summed E-state index contributed by atoms with van der Waals surface area (Å²) in [5, 5.41) is 0. The topological polar surface area (TPSA) is 32.8 Å². The Morgan fingerprint density at radius 1 is 1.60 bits per heavy atom. The van der Waals surface area contributed by atoms with Crippen LogP contribution >= 0.6 is 0 Å². The number of piperidine rings is 1. The summed E-state index contributed by atoms with van der Waals surface area (Å²) < 4.78 is 5.26. The van der Waals surface area contributed by atoms with Gasteiger partial charge >= 0.3 is 0 Å². The number of hydrogen-bond acceptors (Lipinski definition) is 2. The zero-order chi connectivity index (χ0) is 7.14. The van der Waals surface area contributed by atoms with Gasteiger partial charge < -0.3 is 9.64 Å². The van der Waals surface area contributed by atoms with Gasteiger partial charge in [-0.05, 0) is 6.42 Å². The lowest BCUT2D eigenvalue weighted by molar-refractivity contribution is -0.129. The lowest BCUT2D eigenvalue weighted by Gasteiger charge is -2.22. The molecule has 2 aliphatic rings. The number of rotatable bonds is 0. The molecule has 56 valence electrons. The van der Waals surface area contributed by atoms with Crippen molar-refractivity contribution in [2.75, 3.05) is 13.1 Å². The Labute approximate surface area is 60.0 Å². The van der Waals surface area contributed by atoms with Gasteiger partial charge in [-0.1, -0.05) is 0 Å². The average molecular weight is 141 g/mol. The minimum atomic E-state index is 0.175. The van der Waals surface area contributed by atoms with Gasteiger partial charge in [0, 0.05) is 20.0 Å². The number of likely N-dealkylation sites (tertiary alicyclic amines) is 1. The molecule has 2 fully saturated rings. The molecule has 0 radical (unpaired) electrons. The molecule has 2 atom stereocenters. The van der Waals surface area contributed by atoms with Crippen molar-refractivity contribution in [3.05, 3.63) is 0 Å². The number of carbonyl (C=O) groups excluding carboxylic acids is 1. The van der Waals surface area contributed by atoms with Crippen LogP contribution in [0.2, 0.25) is 0 Å². The lowest BCUT2D eigenvalue weighted by atomic mass is 10.1. The van der Waals surface area contributed by atoms with Crippen molar-refractivity contribution >= 4 is 5.91 Å². The molecule has 10 heavy (non-hydrogen) atoms. The highest BCUT2D eigenvalue weighted by molar-refractivity contribution is 5.73. The summed E-state index contributed by atoms with van der Waals surface area (Å²) in [6, 6.07) is 0. The molecule has 0 N–H and O–H groups in total. The van der Waals surface area contributed by atoms with Crippen molar-refractivity contribution in [1.82, 2.24) is 4.90 Å².